The van der Waals surface area contributed by atoms with Gasteiger partial charge in [-0.3, -0.25) is 10.1 Å². The van der Waals surface area contributed by atoms with Gasteiger partial charge in [0.05, 0.1) is 15.6 Å². The predicted molar refractivity (Wildman–Crippen MR) is 77.7 cm³/mol. The highest BCUT2D eigenvalue weighted by Gasteiger charge is 2.21. The van der Waals surface area contributed by atoms with Crippen LogP contribution in [0.2, 0.25) is 10.0 Å². The minimum absolute atomic E-state index is 0.0176. The maximum atomic E-state index is 10.8. The van der Waals surface area contributed by atoms with Crippen LogP contribution in [0.1, 0.15) is 5.69 Å². The maximum absolute atomic E-state index is 10.8. The smallest absolute Gasteiger partial charge is 0.289 e. The highest BCUT2D eigenvalue weighted by Crippen LogP contribution is 2.41. The van der Waals surface area contributed by atoms with E-state index in [-0.39, 0.29) is 27.5 Å². The van der Waals surface area contributed by atoms with Gasteiger partial charge in [-0.05, 0) is 13.0 Å². The second-order valence-corrected chi connectivity index (χ2v) is 4.70. The van der Waals surface area contributed by atoms with Gasteiger partial charge in [0.1, 0.15) is 10.8 Å². The standard InChI is InChI=1S/C11H9Cl2N5O2/c1-4-7(10(14)17-11(15)16-4)5-2-3-6(18(19)20)9(13)8(5)12/h2-3H,1H3,(H4,14,15,16,17). The molecule has 0 aliphatic rings. The number of rotatable bonds is 2. The van der Waals surface area contributed by atoms with Gasteiger partial charge < -0.3 is 11.5 Å². The van der Waals surface area contributed by atoms with E-state index >= 15 is 0 Å². The van der Waals surface area contributed by atoms with Crippen molar-refractivity contribution in [3.8, 4) is 11.1 Å². The van der Waals surface area contributed by atoms with Gasteiger partial charge in [0, 0.05) is 17.2 Å². The lowest BCUT2D eigenvalue weighted by atomic mass is 10.0. The summed E-state index contributed by atoms with van der Waals surface area (Å²) in [6, 6.07) is 2.70. The molecule has 0 aliphatic heterocycles. The summed E-state index contributed by atoms with van der Waals surface area (Å²) in [6.45, 7) is 1.68. The number of nitrogens with two attached hydrogens (primary N) is 2. The summed E-state index contributed by atoms with van der Waals surface area (Å²) in [7, 11) is 0. The average molecular weight is 314 g/mol. The molecular weight excluding hydrogens is 305 g/mol. The van der Waals surface area contributed by atoms with Gasteiger partial charge in [-0.25, -0.2) is 4.98 Å². The number of nitrogen functional groups attached to an aromatic ring is 2. The van der Waals surface area contributed by atoms with E-state index in [0.29, 0.717) is 16.8 Å². The van der Waals surface area contributed by atoms with Crippen molar-refractivity contribution in [1.82, 2.24) is 9.97 Å². The molecule has 20 heavy (non-hydrogen) atoms. The topological polar surface area (TPSA) is 121 Å². The number of nitro benzene ring substituents is 1. The first-order valence-corrected chi connectivity index (χ1v) is 6.11. The van der Waals surface area contributed by atoms with Crippen LogP contribution in [-0.2, 0) is 0 Å². The molecule has 4 N–H and O–H groups in total. The van der Waals surface area contributed by atoms with E-state index in [1.54, 1.807) is 6.92 Å². The highest BCUT2D eigenvalue weighted by atomic mass is 35.5. The number of hydrogen-bond acceptors (Lipinski definition) is 6. The number of halogens is 2. The molecule has 104 valence electrons. The van der Waals surface area contributed by atoms with Crippen molar-refractivity contribution in [2.24, 2.45) is 0 Å². The van der Waals surface area contributed by atoms with E-state index in [1.165, 1.54) is 12.1 Å². The van der Waals surface area contributed by atoms with Gasteiger partial charge in [0.25, 0.3) is 5.69 Å². The second kappa shape index (κ2) is 5.10. The van der Waals surface area contributed by atoms with Crippen molar-refractivity contribution in [1.29, 1.82) is 0 Å². The van der Waals surface area contributed by atoms with E-state index in [0.717, 1.165) is 0 Å². The van der Waals surface area contributed by atoms with Crippen LogP contribution < -0.4 is 11.5 Å². The molecule has 0 fully saturated rings. The molecule has 2 rings (SSSR count). The molecule has 0 amide bonds. The highest BCUT2D eigenvalue weighted by molar-refractivity contribution is 6.45. The summed E-state index contributed by atoms with van der Waals surface area (Å²) in [4.78, 5) is 18.0. The fourth-order valence-electron chi connectivity index (χ4n) is 1.82. The average Bonchev–Trinajstić information content (AvgIpc) is 2.32. The van der Waals surface area contributed by atoms with E-state index in [9.17, 15) is 10.1 Å². The Balaban J connectivity index is 2.72. The van der Waals surface area contributed by atoms with Gasteiger partial charge >= 0.3 is 0 Å². The summed E-state index contributed by atoms with van der Waals surface area (Å²) in [5, 5.41) is 10.7. The first-order chi connectivity index (χ1) is 9.32. The number of nitrogens with zero attached hydrogens (tertiary/aromatic N) is 3. The minimum atomic E-state index is -0.617. The van der Waals surface area contributed by atoms with E-state index in [4.69, 9.17) is 34.7 Å². The Morgan fingerprint density at radius 1 is 1.20 bits per heavy atom. The molecule has 0 spiro atoms. The van der Waals surface area contributed by atoms with Crippen molar-refractivity contribution in [2.45, 2.75) is 6.92 Å². The predicted octanol–water partition coefficient (Wildman–Crippen LogP) is 2.83. The molecular formula is C11H9Cl2N5O2. The third-order valence-corrected chi connectivity index (χ3v) is 3.54. The molecule has 2 aromatic rings. The number of nitro groups is 1. The molecule has 0 aliphatic carbocycles. The number of anilines is 2. The SMILES string of the molecule is Cc1nc(N)nc(N)c1-c1ccc([N+](=O)[O-])c(Cl)c1Cl. The zero-order chi connectivity index (χ0) is 15.0. The van der Waals surface area contributed by atoms with Crippen molar-refractivity contribution < 1.29 is 4.92 Å². The second-order valence-electron chi connectivity index (χ2n) is 3.94. The fourth-order valence-corrected chi connectivity index (χ4v) is 2.31. The molecule has 1 aromatic heterocycles. The van der Waals surface area contributed by atoms with E-state index in [1.807, 2.05) is 0 Å². The van der Waals surface area contributed by atoms with Crippen LogP contribution in [0.4, 0.5) is 17.5 Å². The first kappa shape index (κ1) is 14.3. The molecule has 0 bridgehead atoms. The molecule has 7 nitrogen and oxygen atoms in total. The Bertz CT molecular complexity index is 697. The quantitative estimate of drug-likeness (QED) is 0.649. The van der Waals surface area contributed by atoms with Gasteiger partial charge in [0.15, 0.2) is 0 Å². The van der Waals surface area contributed by atoms with Gasteiger partial charge in [-0.15, -0.1) is 0 Å². The lowest BCUT2D eigenvalue weighted by Gasteiger charge is -2.11. The summed E-state index contributed by atoms with van der Waals surface area (Å²) in [5.41, 5.74) is 12.4. The summed E-state index contributed by atoms with van der Waals surface area (Å²) in [6.07, 6.45) is 0. The van der Waals surface area contributed by atoms with E-state index in [2.05, 4.69) is 9.97 Å². The maximum Gasteiger partial charge on any atom is 0.289 e. The lowest BCUT2D eigenvalue weighted by molar-refractivity contribution is -0.384. The number of aromatic nitrogens is 2. The van der Waals surface area contributed by atoms with Gasteiger partial charge in [-0.2, -0.15) is 4.98 Å². The van der Waals surface area contributed by atoms with Crippen LogP contribution in [0.5, 0.6) is 0 Å². The van der Waals surface area contributed by atoms with Crippen LogP contribution in [0.3, 0.4) is 0 Å². The Kier molecular flexibility index (Phi) is 3.65. The Labute approximate surface area is 123 Å². The molecule has 0 unspecified atom stereocenters. The summed E-state index contributed by atoms with van der Waals surface area (Å²) < 4.78 is 0. The normalized spacial score (nSPS) is 10.6. The zero-order valence-corrected chi connectivity index (χ0v) is 11.7. The molecule has 0 saturated heterocycles. The lowest BCUT2D eigenvalue weighted by Crippen LogP contribution is -2.04. The molecule has 0 radical (unpaired) electrons. The summed E-state index contributed by atoms with van der Waals surface area (Å²) >= 11 is 12.0. The van der Waals surface area contributed by atoms with Crippen molar-refractivity contribution in [2.75, 3.05) is 11.5 Å². The third kappa shape index (κ3) is 2.33. The number of benzene rings is 1. The Hall–Kier alpha value is -2.12. The van der Waals surface area contributed by atoms with Crippen LogP contribution >= 0.6 is 23.2 Å². The monoisotopic (exact) mass is 313 g/mol. The molecule has 0 atom stereocenters. The van der Waals surface area contributed by atoms with Gasteiger partial charge in [0.2, 0.25) is 5.95 Å². The van der Waals surface area contributed by atoms with Gasteiger partial charge in [-0.1, -0.05) is 23.2 Å². The summed E-state index contributed by atoms with van der Waals surface area (Å²) in [5.74, 6) is 0.162. The largest absolute Gasteiger partial charge is 0.383 e. The minimum Gasteiger partial charge on any atom is -0.383 e. The third-order valence-electron chi connectivity index (χ3n) is 2.66. The molecule has 1 aromatic carbocycles. The Morgan fingerprint density at radius 3 is 2.40 bits per heavy atom. The van der Waals surface area contributed by atoms with Crippen LogP contribution in [-0.4, -0.2) is 14.9 Å². The van der Waals surface area contributed by atoms with Crippen LogP contribution in [0, 0.1) is 17.0 Å². The zero-order valence-electron chi connectivity index (χ0n) is 10.2. The Morgan fingerprint density at radius 2 is 1.85 bits per heavy atom. The van der Waals surface area contributed by atoms with Crippen molar-refractivity contribution in [3.63, 3.8) is 0 Å². The molecule has 0 saturated carbocycles. The van der Waals surface area contributed by atoms with Crippen molar-refractivity contribution in [3.05, 3.63) is 38.0 Å². The fraction of sp³-hybridized carbons (Fsp3) is 0.0909. The number of aryl methyl sites for hydroxylation is 1. The van der Waals surface area contributed by atoms with Crippen LogP contribution in [0.25, 0.3) is 11.1 Å². The first-order valence-electron chi connectivity index (χ1n) is 5.35. The van der Waals surface area contributed by atoms with Crippen molar-refractivity contribution >= 4 is 40.7 Å². The van der Waals surface area contributed by atoms with E-state index < -0.39 is 4.92 Å². The van der Waals surface area contributed by atoms with Crippen LogP contribution in [0.15, 0.2) is 12.1 Å². The number of hydrogen-bond donors (Lipinski definition) is 2. The molecule has 9 heteroatoms. The molecule has 1 heterocycles.